The van der Waals surface area contributed by atoms with Crippen LogP contribution in [0.1, 0.15) is 33.3 Å². The first kappa shape index (κ1) is 25.0. The van der Waals surface area contributed by atoms with Crippen LogP contribution in [0.4, 0.5) is 4.39 Å². The molecular weight excluding hydrogens is 415 g/mol. The molecule has 0 aliphatic rings. The summed E-state index contributed by atoms with van der Waals surface area (Å²) in [5.74, 6) is 0.369. The number of rotatable bonds is 9. The molecule has 2 amide bonds. The van der Waals surface area contributed by atoms with E-state index in [0.717, 1.165) is 0 Å². The lowest BCUT2D eigenvalue weighted by Crippen LogP contribution is -2.53. The number of carbonyl (C=O) groups excluding carboxylic acids is 2. The molecule has 2 aromatic carbocycles. The van der Waals surface area contributed by atoms with E-state index in [9.17, 15) is 14.0 Å². The van der Waals surface area contributed by atoms with Crippen LogP contribution in [0.25, 0.3) is 0 Å². The van der Waals surface area contributed by atoms with E-state index in [2.05, 4.69) is 5.32 Å². The number of carbonyl (C=O) groups is 2. The molecule has 32 heavy (non-hydrogen) atoms. The van der Waals surface area contributed by atoms with Crippen LogP contribution in [0.5, 0.6) is 17.2 Å². The van der Waals surface area contributed by atoms with Crippen molar-refractivity contribution >= 4 is 11.8 Å². The van der Waals surface area contributed by atoms with E-state index in [1.807, 2.05) is 20.8 Å². The van der Waals surface area contributed by atoms with Gasteiger partial charge >= 0.3 is 0 Å². The topological polar surface area (TPSA) is 77.1 Å². The maximum atomic E-state index is 13.3. The minimum Gasteiger partial charge on any atom is -0.496 e. The van der Waals surface area contributed by atoms with Gasteiger partial charge in [-0.05, 0) is 45.4 Å². The molecule has 0 aliphatic carbocycles. The third-order valence-electron chi connectivity index (χ3n) is 4.62. The Kier molecular flexibility index (Phi) is 8.46. The zero-order valence-corrected chi connectivity index (χ0v) is 19.4. The highest BCUT2D eigenvalue weighted by Gasteiger charge is 2.28. The Morgan fingerprint density at radius 2 is 1.53 bits per heavy atom. The van der Waals surface area contributed by atoms with E-state index in [1.165, 1.54) is 31.3 Å². The molecule has 0 saturated carbocycles. The number of benzene rings is 2. The number of nitrogens with zero attached hydrogens (tertiary/aromatic N) is 1. The first-order valence-electron chi connectivity index (χ1n) is 10.2. The average molecular weight is 447 g/mol. The van der Waals surface area contributed by atoms with Gasteiger partial charge in [0.1, 0.15) is 29.1 Å². The molecule has 0 aromatic heterocycles. The maximum absolute atomic E-state index is 13.3. The molecule has 174 valence electrons. The highest BCUT2D eigenvalue weighted by Crippen LogP contribution is 2.27. The van der Waals surface area contributed by atoms with Gasteiger partial charge in [-0.1, -0.05) is 12.1 Å². The predicted octanol–water partition coefficient (Wildman–Crippen LogP) is 3.55. The first-order valence-corrected chi connectivity index (χ1v) is 10.2. The minimum atomic E-state index is -0.768. The molecule has 1 N–H and O–H groups in total. The van der Waals surface area contributed by atoms with E-state index in [-0.39, 0.29) is 24.9 Å². The Labute approximate surface area is 188 Å². The number of hydrogen-bond donors (Lipinski definition) is 1. The Balaban J connectivity index is 2.20. The van der Waals surface area contributed by atoms with E-state index in [4.69, 9.17) is 14.2 Å². The normalized spacial score (nSPS) is 12.0. The third-order valence-corrected chi connectivity index (χ3v) is 4.62. The van der Waals surface area contributed by atoms with Gasteiger partial charge in [-0.25, -0.2) is 4.39 Å². The molecule has 2 aromatic rings. The van der Waals surface area contributed by atoms with E-state index in [1.54, 1.807) is 37.3 Å². The van der Waals surface area contributed by atoms with Gasteiger partial charge in [-0.2, -0.15) is 0 Å². The Morgan fingerprint density at radius 3 is 2.03 bits per heavy atom. The predicted molar refractivity (Wildman–Crippen MR) is 119 cm³/mol. The van der Waals surface area contributed by atoms with Crippen molar-refractivity contribution in [3.05, 3.63) is 53.8 Å². The Hall–Kier alpha value is -3.29. The lowest BCUT2D eigenvalue weighted by Gasteiger charge is -2.31. The van der Waals surface area contributed by atoms with Crippen LogP contribution in [0.3, 0.4) is 0 Å². The summed E-state index contributed by atoms with van der Waals surface area (Å²) in [7, 11) is 3.04. The lowest BCUT2D eigenvalue weighted by atomic mass is 10.1. The molecule has 7 nitrogen and oxygen atoms in total. The number of nitrogens with one attached hydrogen (secondary N) is 1. The van der Waals surface area contributed by atoms with Crippen molar-refractivity contribution in [2.45, 2.75) is 45.8 Å². The maximum Gasteiger partial charge on any atom is 0.261 e. The van der Waals surface area contributed by atoms with Gasteiger partial charge in [-0.15, -0.1) is 0 Å². The van der Waals surface area contributed by atoms with E-state index in [0.29, 0.717) is 22.8 Å². The summed E-state index contributed by atoms with van der Waals surface area (Å²) in [4.78, 5) is 27.3. The highest BCUT2D eigenvalue weighted by atomic mass is 19.1. The summed E-state index contributed by atoms with van der Waals surface area (Å²) in [5.41, 5.74) is 0.238. The van der Waals surface area contributed by atoms with Crippen LogP contribution in [-0.2, 0) is 16.1 Å². The number of methoxy groups -OCH3 is 2. The monoisotopic (exact) mass is 446 g/mol. The van der Waals surface area contributed by atoms with Gasteiger partial charge in [0.25, 0.3) is 5.91 Å². The Morgan fingerprint density at radius 1 is 1.00 bits per heavy atom. The summed E-state index contributed by atoms with van der Waals surface area (Å²) in [5, 5.41) is 2.89. The fraction of sp³-hybridized carbons (Fsp3) is 0.417. The lowest BCUT2D eigenvalue weighted by molar-refractivity contribution is -0.142. The van der Waals surface area contributed by atoms with Crippen molar-refractivity contribution in [3.8, 4) is 17.2 Å². The van der Waals surface area contributed by atoms with Gasteiger partial charge < -0.3 is 24.4 Å². The van der Waals surface area contributed by atoms with Gasteiger partial charge in [0, 0.05) is 30.3 Å². The van der Waals surface area contributed by atoms with Crippen LogP contribution < -0.4 is 19.5 Å². The third kappa shape index (κ3) is 7.44. The molecule has 0 aliphatic heterocycles. The van der Waals surface area contributed by atoms with Crippen LogP contribution >= 0.6 is 0 Å². The van der Waals surface area contributed by atoms with Crippen molar-refractivity contribution in [3.63, 3.8) is 0 Å². The van der Waals surface area contributed by atoms with Crippen molar-refractivity contribution in [1.29, 1.82) is 0 Å². The molecule has 1 atom stereocenters. The van der Waals surface area contributed by atoms with Crippen LogP contribution in [-0.4, -0.2) is 49.1 Å². The van der Waals surface area contributed by atoms with Crippen LogP contribution in [0.15, 0.2) is 42.5 Å². The molecule has 2 rings (SSSR count). The smallest absolute Gasteiger partial charge is 0.261 e. The zero-order valence-electron chi connectivity index (χ0n) is 19.4. The van der Waals surface area contributed by atoms with E-state index >= 15 is 0 Å². The van der Waals surface area contributed by atoms with Gasteiger partial charge in [-0.3, -0.25) is 9.59 Å². The number of hydrogen-bond acceptors (Lipinski definition) is 5. The molecule has 0 heterocycles. The summed E-state index contributed by atoms with van der Waals surface area (Å²) < 4.78 is 29.4. The van der Waals surface area contributed by atoms with Gasteiger partial charge in [0.05, 0.1) is 14.2 Å². The Bertz CT molecular complexity index is 903. The molecule has 0 saturated heterocycles. The van der Waals surface area contributed by atoms with Crippen LogP contribution in [0, 0.1) is 5.82 Å². The minimum absolute atomic E-state index is 0.128. The van der Waals surface area contributed by atoms with Crippen molar-refractivity contribution in [1.82, 2.24) is 10.2 Å². The quantitative estimate of drug-likeness (QED) is 0.638. The molecule has 0 bridgehead atoms. The van der Waals surface area contributed by atoms with Crippen molar-refractivity contribution in [2.75, 3.05) is 20.8 Å². The number of amides is 2. The largest absolute Gasteiger partial charge is 0.496 e. The van der Waals surface area contributed by atoms with Crippen LogP contribution in [0.2, 0.25) is 0 Å². The average Bonchev–Trinajstić information content (AvgIpc) is 2.75. The van der Waals surface area contributed by atoms with Gasteiger partial charge in [0.2, 0.25) is 5.91 Å². The summed E-state index contributed by atoms with van der Waals surface area (Å²) in [6, 6.07) is 9.99. The van der Waals surface area contributed by atoms with E-state index < -0.39 is 17.5 Å². The number of ether oxygens (including phenoxy) is 3. The zero-order chi connectivity index (χ0) is 23.9. The summed E-state index contributed by atoms with van der Waals surface area (Å²) in [6.07, 6.45) is 0. The first-order chi connectivity index (χ1) is 15.0. The molecule has 0 spiro atoms. The fourth-order valence-corrected chi connectivity index (χ4v) is 2.94. The fourth-order valence-electron chi connectivity index (χ4n) is 2.94. The molecule has 0 radical (unpaired) electrons. The number of halogens is 1. The summed E-state index contributed by atoms with van der Waals surface area (Å²) >= 11 is 0. The van der Waals surface area contributed by atoms with Crippen molar-refractivity contribution < 1.29 is 28.2 Å². The molecular formula is C24H31FN2O5. The molecule has 0 unspecified atom stereocenters. The summed E-state index contributed by atoms with van der Waals surface area (Å²) in [6.45, 7) is 7.07. The highest BCUT2D eigenvalue weighted by molar-refractivity contribution is 5.88. The molecule has 8 heteroatoms. The molecule has 0 fully saturated rings. The second kappa shape index (κ2) is 10.8. The van der Waals surface area contributed by atoms with Crippen molar-refractivity contribution in [2.24, 2.45) is 0 Å². The SMILES string of the molecule is COc1cc(OC)cc(OCC(=O)N(Cc2ccc(F)cc2)[C@@H](C)C(=O)NC(C)(C)C)c1. The van der Waals surface area contributed by atoms with Gasteiger partial charge in [0.15, 0.2) is 6.61 Å². The standard InChI is InChI=1S/C24H31FN2O5/c1-16(23(29)26-24(2,3)4)27(14-17-7-9-18(25)10-8-17)22(28)15-32-21-12-19(30-5)11-20(13-21)31-6/h7-13,16H,14-15H2,1-6H3,(H,26,29)/t16-/m0/s1. The second-order valence-electron chi connectivity index (χ2n) is 8.40. The second-order valence-corrected chi connectivity index (χ2v) is 8.40.